The molecule has 104 valence electrons. The van der Waals surface area contributed by atoms with Gasteiger partial charge in [0.25, 0.3) is 0 Å². The lowest BCUT2D eigenvalue weighted by Gasteiger charge is -2.12. The molecular formula is C14H11Cl2FN2S. The van der Waals surface area contributed by atoms with Gasteiger partial charge in [-0.2, -0.15) is 0 Å². The quantitative estimate of drug-likeness (QED) is 0.804. The summed E-state index contributed by atoms with van der Waals surface area (Å²) in [5.74, 6) is -0.274. The summed E-state index contributed by atoms with van der Waals surface area (Å²) in [4.78, 5) is 0. The van der Waals surface area contributed by atoms with E-state index in [-0.39, 0.29) is 12.4 Å². The molecule has 0 spiro atoms. The highest BCUT2D eigenvalue weighted by Crippen LogP contribution is 2.29. The first-order valence-electron chi connectivity index (χ1n) is 5.80. The minimum Gasteiger partial charge on any atom is -0.358 e. The van der Waals surface area contributed by atoms with Crippen molar-refractivity contribution in [3.8, 4) is 0 Å². The SMILES string of the molecule is Fc1ccccc1CNC(=S)Nc1cccc(Cl)c1Cl. The fraction of sp³-hybridized carbons (Fsp3) is 0.0714. The Hall–Kier alpha value is -1.36. The first kappa shape index (κ1) is 15.0. The monoisotopic (exact) mass is 328 g/mol. The van der Waals surface area contributed by atoms with Gasteiger partial charge in [-0.05, 0) is 30.4 Å². The summed E-state index contributed by atoms with van der Waals surface area (Å²) in [5, 5.41) is 7.01. The third-order valence-electron chi connectivity index (χ3n) is 2.60. The van der Waals surface area contributed by atoms with Crippen molar-refractivity contribution >= 4 is 46.2 Å². The Kier molecular flexibility index (Phi) is 5.17. The van der Waals surface area contributed by atoms with Gasteiger partial charge in [0.1, 0.15) is 5.82 Å². The number of nitrogens with one attached hydrogen (secondary N) is 2. The molecule has 6 heteroatoms. The van der Waals surface area contributed by atoms with E-state index in [9.17, 15) is 4.39 Å². The van der Waals surface area contributed by atoms with Gasteiger partial charge in [-0.1, -0.05) is 47.5 Å². The van der Waals surface area contributed by atoms with Crippen LogP contribution in [0.2, 0.25) is 10.0 Å². The molecule has 0 fully saturated rings. The summed E-state index contributed by atoms with van der Waals surface area (Å²) >= 11 is 17.1. The predicted molar refractivity (Wildman–Crippen MR) is 85.9 cm³/mol. The van der Waals surface area contributed by atoms with Crippen molar-refractivity contribution in [2.75, 3.05) is 5.32 Å². The van der Waals surface area contributed by atoms with Crippen LogP contribution in [0.25, 0.3) is 0 Å². The minimum atomic E-state index is -0.274. The molecule has 0 aliphatic heterocycles. The summed E-state index contributed by atoms with van der Waals surface area (Å²) in [6.07, 6.45) is 0. The van der Waals surface area contributed by atoms with E-state index in [1.165, 1.54) is 6.07 Å². The summed E-state index contributed by atoms with van der Waals surface area (Å²) in [7, 11) is 0. The molecule has 0 amide bonds. The molecule has 0 atom stereocenters. The molecule has 2 nitrogen and oxygen atoms in total. The second-order valence-electron chi connectivity index (χ2n) is 4.00. The molecular weight excluding hydrogens is 318 g/mol. The van der Waals surface area contributed by atoms with Crippen LogP contribution in [0.1, 0.15) is 5.56 Å². The summed E-state index contributed by atoms with van der Waals surface area (Å²) in [6.45, 7) is 0.288. The Balaban J connectivity index is 1.96. The van der Waals surface area contributed by atoms with Gasteiger partial charge in [0, 0.05) is 12.1 Å². The highest BCUT2D eigenvalue weighted by Gasteiger charge is 2.06. The average Bonchev–Trinajstić information content (AvgIpc) is 2.43. The third-order valence-corrected chi connectivity index (χ3v) is 3.66. The minimum absolute atomic E-state index is 0.274. The van der Waals surface area contributed by atoms with Crippen LogP contribution in [0.4, 0.5) is 10.1 Å². The summed E-state index contributed by atoms with van der Waals surface area (Å²) in [6, 6.07) is 11.7. The Morgan fingerprint density at radius 3 is 2.60 bits per heavy atom. The second-order valence-corrected chi connectivity index (χ2v) is 5.19. The van der Waals surface area contributed by atoms with Crippen molar-refractivity contribution < 1.29 is 4.39 Å². The first-order valence-corrected chi connectivity index (χ1v) is 6.96. The van der Waals surface area contributed by atoms with Crippen LogP contribution in [-0.4, -0.2) is 5.11 Å². The molecule has 0 aliphatic rings. The van der Waals surface area contributed by atoms with Gasteiger partial charge in [-0.15, -0.1) is 0 Å². The molecule has 20 heavy (non-hydrogen) atoms. The maximum Gasteiger partial charge on any atom is 0.171 e. The highest BCUT2D eigenvalue weighted by molar-refractivity contribution is 7.80. The smallest absolute Gasteiger partial charge is 0.171 e. The zero-order valence-corrected chi connectivity index (χ0v) is 12.6. The van der Waals surface area contributed by atoms with Crippen molar-refractivity contribution in [2.45, 2.75) is 6.54 Å². The van der Waals surface area contributed by atoms with Gasteiger partial charge in [0.2, 0.25) is 0 Å². The molecule has 2 N–H and O–H groups in total. The number of halogens is 3. The van der Waals surface area contributed by atoms with Gasteiger partial charge in [-0.3, -0.25) is 0 Å². The molecule has 0 unspecified atom stereocenters. The van der Waals surface area contributed by atoms with Crippen LogP contribution in [-0.2, 0) is 6.54 Å². The number of thiocarbonyl (C=S) groups is 1. The molecule has 2 aromatic carbocycles. The van der Waals surface area contributed by atoms with Crippen LogP contribution < -0.4 is 10.6 Å². The highest BCUT2D eigenvalue weighted by atomic mass is 35.5. The molecule has 2 aromatic rings. The van der Waals surface area contributed by atoms with E-state index in [4.69, 9.17) is 35.4 Å². The van der Waals surface area contributed by atoms with Gasteiger partial charge >= 0.3 is 0 Å². The van der Waals surface area contributed by atoms with Crippen LogP contribution >= 0.6 is 35.4 Å². The van der Waals surface area contributed by atoms with Crippen molar-refractivity contribution in [1.82, 2.24) is 5.32 Å². The number of hydrogen-bond acceptors (Lipinski definition) is 1. The largest absolute Gasteiger partial charge is 0.358 e. The predicted octanol–water partition coefficient (Wildman–Crippen LogP) is 4.62. The van der Waals surface area contributed by atoms with Crippen molar-refractivity contribution in [3.63, 3.8) is 0 Å². The molecule has 0 aliphatic carbocycles. The van der Waals surface area contributed by atoms with Gasteiger partial charge in [0.05, 0.1) is 15.7 Å². The Morgan fingerprint density at radius 2 is 1.85 bits per heavy atom. The van der Waals surface area contributed by atoms with Crippen molar-refractivity contribution in [3.05, 3.63) is 63.9 Å². The van der Waals surface area contributed by atoms with E-state index in [0.717, 1.165) is 0 Å². The normalized spacial score (nSPS) is 10.2. The van der Waals surface area contributed by atoms with Gasteiger partial charge in [0.15, 0.2) is 5.11 Å². The molecule has 0 saturated carbocycles. The van der Waals surface area contributed by atoms with E-state index in [2.05, 4.69) is 10.6 Å². The van der Waals surface area contributed by atoms with Gasteiger partial charge in [-0.25, -0.2) is 4.39 Å². The number of rotatable bonds is 3. The van der Waals surface area contributed by atoms with Crippen molar-refractivity contribution in [2.24, 2.45) is 0 Å². The molecule has 2 rings (SSSR count). The number of hydrogen-bond donors (Lipinski definition) is 2. The second kappa shape index (κ2) is 6.88. The lowest BCUT2D eigenvalue weighted by Crippen LogP contribution is -2.28. The van der Waals surface area contributed by atoms with E-state index in [1.54, 1.807) is 36.4 Å². The fourth-order valence-corrected chi connectivity index (χ4v) is 2.11. The molecule has 0 bridgehead atoms. The Labute approximate surface area is 131 Å². The van der Waals surface area contributed by atoms with Crippen LogP contribution in [0, 0.1) is 5.82 Å². The lowest BCUT2D eigenvalue weighted by atomic mass is 10.2. The fourth-order valence-electron chi connectivity index (χ4n) is 1.58. The number of benzene rings is 2. The standard InChI is InChI=1S/C14H11Cl2FN2S/c15-10-5-3-7-12(13(10)16)19-14(20)18-8-9-4-1-2-6-11(9)17/h1-7H,8H2,(H2,18,19,20). The molecule has 0 heterocycles. The first-order chi connectivity index (χ1) is 9.58. The van der Waals surface area contributed by atoms with E-state index >= 15 is 0 Å². The van der Waals surface area contributed by atoms with Crippen LogP contribution in [0.5, 0.6) is 0 Å². The molecule has 0 saturated heterocycles. The Morgan fingerprint density at radius 1 is 1.10 bits per heavy atom. The number of anilines is 1. The van der Waals surface area contributed by atoms with E-state index in [0.29, 0.717) is 26.4 Å². The zero-order valence-electron chi connectivity index (χ0n) is 10.3. The van der Waals surface area contributed by atoms with Crippen molar-refractivity contribution in [1.29, 1.82) is 0 Å². The molecule has 0 radical (unpaired) electrons. The topological polar surface area (TPSA) is 24.1 Å². The maximum absolute atomic E-state index is 13.4. The Bertz CT molecular complexity index is 634. The summed E-state index contributed by atoms with van der Waals surface area (Å²) < 4.78 is 13.4. The van der Waals surface area contributed by atoms with Crippen LogP contribution in [0.3, 0.4) is 0 Å². The third kappa shape index (κ3) is 3.82. The van der Waals surface area contributed by atoms with E-state index in [1.807, 2.05) is 0 Å². The maximum atomic E-state index is 13.4. The average molecular weight is 329 g/mol. The van der Waals surface area contributed by atoms with Crippen LogP contribution in [0.15, 0.2) is 42.5 Å². The summed E-state index contributed by atoms with van der Waals surface area (Å²) in [5.41, 5.74) is 1.14. The molecule has 0 aromatic heterocycles. The lowest BCUT2D eigenvalue weighted by molar-refractivity contribution is 0.606. The zero-order chi connectivity index (χ0) is 14.5. The van der Waals surface area contributed by atoms with Gasteiger partial charge < -0.3 is 10.6 Å². The van der Waals surface area contributed by atoms with E-state index < -0.39 is 0 Å².